The van der Waals surface area contributed by atoms with Gasteiger partial charge in [0.25, 0.3) is 0 Å². The Bertz CT molecular complexity index is 499. The summed E-state index contributed by atoms with van der Waals surface area (Å²) in [6, 6.07) is 3.80. The number of Topliss-reactive ketones (excluding diaryl/α,β-unsaturated/α-hetero) is 1. The van der Waals surface area contributed by atoms with Crippen molar-refractivity contribution < 1.29 is 9.59 Å². The molecule has 0 spiro atoms. The van der Waals surface area contributed by atoms with E-state index in [1.165, 1.54) is 0 Å². The van der Waals surface area contributed by atoms with Gasteiger partial charge in [0.1, 0.15) is 0 Å². The second-order valence-electron chi connectivity index (χ2n) is 4.89. The SMILES string of the molecule is CCCCC(=O)c1cc(Br)c2c(c1)CCCN2C=O. The number of fused-ring (bicyclic) bond motifs is 1. The Kier molecular flexibility index (Phi) is 4.75. The normalized spacial score (nSPS) is 14.1. The summed E-state index contributed by atoms with van der Waals surface area (Å²) >= 11 is 3.50. The van der Waals surface area contributed by atoms with Crippen molar-refractivity contribution in [2.24, 2.45) is 0 Å². The Morgan fingerprint density at radius 2 is 2.26 bits per heavy atom. The molecule has 0 atom stereocenters. The maximum Gasteiger partial charge on any atom is 0.214 e. The van der Waals surface area contributed by atoms with Crippen LogP contribution in [0.2, 0.25) is 0 Å². The molecule has 1 aromatic rings. The highest BCUT2D eigenvalue weighted by molar-refractivity contribution is 9.10. The van der Waals surface area contributed by atoms with Crippen molar-refractivity contribution in [2.75, 3.05) is 11.4 Å². The van der Waals surface area contributed by atoms with Crippen LogP contribution in [0.1, 0.15) is 48.5 Å². The van der Waals surface area contributed by atoms with Gasteiger partial charge in [-0.1, -0.05) is 13.3 Å². The van der Waals surface area contributed by atoms with Crippen molar-refractivity contribution in [1.29, 1.82) is 0 Å². The molecule has 1 heterocycles. The third kappa shape index (κ3) is 3.06. The molecule has 0 fully saturated rings. The third-order valence-corrected chi connectivity index (χ3v) is 4.09. The Morgan fingerprint density at radius 1 is 1.47 bits per heavy atom. The van der Waals surface area contributed by atoms with Gasteiger partial charge in [-0.2, -0.15) is 0 Å². The zero-order valence-corrected chi connectivity index (χ0v) is 12.7. The van der Waals surface area contributed by atoms with Gasteiger partial charge in [-0.05, 0) is 52.9 Å². The van der Waals surface area contributed by atoms with Crippen LogP contribution in [0, 0.1) is 0 Å². The van der Waals surface area contributed by atoms with Gasteiger partial charge in [-0.15, -0.1) is 0 Å². The molecular weight excluding hydrogens is 306 g/mol. The van der Waals surface area contributed by atoms with Gasteiger partial charge in [0, 0.05) is 23.0 Å². The highest BCUT2D eigenvalue weighted by atomic mass is 79.9. The molecule has 1 aliphatic rings. The van der Waals surface area contributed by atoms with Crippen molar-refractivity contribution >= 4 is 33.8 Å². The number of hydrogen-bond donors (Lipinski definition) is 0. The van der Waals surface area contributed by atoms with Gasteiger partial charge in [0.2, 0.25) is 6.41 Å². The summed E-state index contributed by atoms with van der Waals surface area (Å²) in [5, 5.41) is 0. The summed E-state index contributed by atoms with van der Waals surface area (Å²) in [5.41, 5.74) is 2.77. The minimum Gasteiger partial charge on any atom is -0.314 e. The average Bonchev–Trinajstić information content (AvgIpc) is 2.43. The molecule has 4 heteroatoms. The summed E-state index contributed by atoms with van der Waals surface area (Å²) in [7, 11) is 0. The number of ketones is 1. The highest BCUT2D eigenvalue weighted by Gasteiger charge is 2.21. The van der Waals surface area contributed by atoms with E-state index >= 15 is 0 Å². The summed E-state index contributed by atoms with van der Waals surface area (Å²) in [4.78, 5) is 24.9. The van der Waals surface area contributed by atoms with Crippen LogP contribution in [0.25, 0.3) is 0 Å². The lowest BCUT2D eigenvalue weighted by atomic mass is 9.96. The van der Waals surface area contributed by atoms with Crippen molar-refractivity contribution in [3.05, 3.63) is 27.7 Å². The van der Waals surface area contributed by atoms with Crippen molar-refractivity contribution in [2.45, 2.75) is 39.0 Å². The van der Waals surface area contributed by atoms with E-state index in [4.69, 9.17) is 0 Å². The number of nitrogens with zero attached hydrogens (tertiary/aromatic N) is 1. The number of unbranched alkanes of at least 4 members (excludes halogenated alkanes) is 1. The molecule has 0 bridgehead atoms. The first-order valence-electron chi connectivity index (χ1n) is 6.75. The van der Waals surface area contributed by atoms with E-state index in [0.29, 0.717) is 6.42 Å². The molecular formula is C15H18BrNO2. The van der Waals surface area contributed by atoms with Crippen LogP contribution in [0.15, 0.2) is 16.6 Å². The van der Waals surface area contributed by atoms with Gasteiger partial charge in [-0.25, -0.2) is 0 Å². The average molecular weight is 324 g/mol. The molecule has 1 aromatic carbocycles. The second-order valence-corrected chi connectivity index (χ2v) is 5.75. The number of rotatable bonds is 5. The van der Waals surface area contributed by atoms with E-state index in [2.05, 4.69) is 22.9 Å². The lowest BCUT2D eigenvalue weighted by Gasteiger charge is -2.27. The summed E-state index contributed by atoms with van der Waals surface area (Å²) in [6.07, 6.45) is 5.28. The lowest BCUT2D eigenvalue weighted by molar-refractivity contribution is -0.107. The predicted octanol–water partition coefficient (Wildman–Crippen LogP) is 3.73. The first kappa shape index (κ1) is 14.3. The van der Waals surface area contributed by atoms with Gasteiger partial charge in [0.15, 0.2) is 5.78 Å². The number of aryl methyl sites for hydroxylation is 1. The van der Waals surface area contributed by atoms with Crippen molar-refractivity contribution in [1.82, 2.24) is 0 Å². The summed E-state index contributed by atoms with van der Waals surface area (Å²) in [5.74, 6) is 0.188. The fraction of sp³-hybridized carbons (Fsp3) is 0.467. The smallest absolute Gasteiger partial charge is 0.214 e. The van der Waals surface area contributed by atoms with E-state index < -0.39 is 0 Å². The number of hydrogen-bond acceptors (Lipinski definition) is 2. The largest absolute Gasteiger partial charge is 0.314 e. The Morgan fingerprint density at radius 3 is 2.95 bits per heavy atom. The van der Waals surface area contributed by atoms with Gasteiger partial charge >= 0.3 is 0 Å². The first-order chi connectivity index (χ1) is 9.17. The molecule has 0 aliphatic carbocycles. The van der Waals surface area contributed by atoms with E-state index in [-0.39, 0.29) is 5.78 Å². The van der Waals surface area contributed by atoms with E-state index in [0.717, 1.165) is 59.9 Å². The molecule has 0 N–H and O–H groups in total. The standard InChI is InChI=1S/C15H18BrNO2/c1-2-3-6-14(19)12-8-11-5-4-7-17(10-18)15(11)13(16)9-12/h8-10H,2-7H2,1H3. The maximum absolute atomic E-state index is 12.1. The number of amides is 1. The molecule has 1 amide bonds. The van der Waals surface area contributed by atoms with Crippen LogP contribution >= 0.6 is 15.9 Å². The quantitative estimate of drug-likeness (QED) is 0.611. The molecule has 2 rings (SSSR count). The monoisotopic (exact) mass is 323 g/mol. The Hall–Kier alpha value is -1.16. The summed E-state index contributed by atoms with van der Waals surface area (Å²) in [6.45, 7) is 2.83. The molecule has 102 valence electrons. The molecule has 0 radical (unpaired) electrons. The minimum absolute atomic E-state index is 0.188. The summed E-state index contributed by atoms with van der Waals surface area (Å²) < 4.78 is 0.844. The topological polar surface area (TPSA) is 37.4 Å². The number of carbonyl (C=O) groups is 2. The maximum atomic E-state index is 12.1. The fourth-order valence-electron chi connectivity index (χ4n) is 2.47. The Balaban J connectivity index is 2.33. The number of benzene rings is 1. The van der Waals surface area contributed by atoms with Crippen LogP contribution in [0.5, 0.6) is 0 Å². The van der Waals surface area contributed by atoms with Crippen LogP contribution in [0.3, 0.4) is 0 Å². The number of halogens is 1. The predicted molar refractivity (Wildman–Crippen MR) is 79.7 cm³/mol. The van der Waals surface area contributed by atoms with E-state index in [9.17, 15) is 9.59 Å². The zero-order chi connectivity index (χ0) is 13.8. The highest BCUT2D eigenvalue weighted by Crippen LogP contribution is 2.35. The molecule has 0 saturated carbocycles. The Labute approximate surface area is 122 Å². The molecule has 3 nitrogen and oxygen atoms in total. The fourth-order valence-corrected chi connectivity index (χ4v) is 3.20. The van der Waals surface area contributed by atoms with Crippen molar-refractivity contribution in [3.63, 3.8) is 0 Å². The van der Waals surface area contributed by atoms with Crippen LogP contribution in [-0.4, -0.2) is 18.7 Å². The molecule has 0 unspecified atom stereocenters. The number of carbonyl (C=O) groups excluding carboxylic acids is 2. The van der Waals surface area contributed by atoms with Crippen LogP contribution in [-0.2, 0) is 11.2 Å². The molecule has 0 saturated heterocycles. The molecule has 1 aliphatic heterocycles. The van der Waals surface area contributed by atoms with Crippen LogP contribution < -0.4 is 4.90 Å². The van der Waals surface area contributed by atoms with E-state index in [1.54, 1.807) is 4.90 Å². The van der Waals surface area contributed by atoms with Gasteiger partial charge < -0.3 is 4.90 Å². The van der Waals surface area contributed by atoms with Crippen LogP contribution in [0.4, 0.5) is 5.69 Å². The zero-order valence-electron chi connectivity index (χ0n) is 11.1. The van der Waals surface area contributed by atoms with E-state index in [1.807, 2.05) is 12.1 Å². The molecule has 0 aromatic heterocycles. The lowest BCUT2D eigenvalue weighted by Crippen LogP contribution is -2.28. The first-order valence-corrected chi connectivity index (χ1v) is 7.54. The minimum atomic E-state index is 0.188. The van der Waals surface area contributed by atoms with Gasteiger partial charge in [-0.3, -0.25) is 9.59 Å². The molecule has 19 heavy (non-hydrogen) atoms. The number of anilines is 1. The van der Waals surface area contributed by atoms with Crippen molar-refractivity contribution in [3.8, 4) is 0 Å². The second kappa shape index (κ2) is 6.33. The van der Waals surface area contributed by atoms with Gasteiger partial charge in [0.05, 0.1) is 5.69 Å². The third-order valence-electron chi connectivity index (χ3n) is 3.48.